The zero-order valence-electron chi connectivity index (χ0n) is 17.4. The van der Waals surface area contributed by atoms with E-state index in [2.05, 4.69) is 6.92 Å². The molecule has 5 nitrogen and oxygen atoms in total. The van der Waals surface area contributed by atoms with E-state index >= 15 is 0 Å². The number of ether oxygens (including phenoxy) is 3. The first-order valence-corrected chi connectivity index (χ1v) is 10.1. The van der Waals surface area contributed by atoms with E-state index in [9.17, 15) is 4.79 Å². The maximum absolute atomic E-state index is 12.9. The summed E-state index contributed by atoms with van der Waals surface area (Å²) in [7, 11) is 1.64. The zero-order valence-corrected chi connectivity index (χ0v) is 17.4. The third-order valence-electron chi connectivity index (χ3n) is 4.83. The number of nitrogens with zero attached hydrogens (tertiary/aromatic N) is 1. The number of fused-ring (bicyclic) bond motifs is 1. The molecule has 2 aromatic rings. The number of carbonyl (C=O) groups excluding carboxylic acids is 1. The lowest BCUT2D eigenvalue weighted by Gasteiger charge is -2.21. The number of hydrogen-bond donors (Lipinski definition) is 0. The molecule has 1 aliphatic rings. The summed E-state index contributed by atoms with van der Waals surface area (Å²) in [6.45, 7) is 6.13. The maximum Gasteiger partial charge on any atom is 0.246 e. The van der Waals surface area contributed by atoms with Crippen molar-refractivity contribution in [2.45, 2.75) is 32.9 Å². The fourth-order valence-corrected chi connectivity index (χ4v) is 3.40. The molecule has 2 aromatic carbocycles. The standard InChI is InChI=1S/C24H29NO4/c1-4-28-22-16-21-14-18(2)29-23(21)15-20(22)10-11-24(26)25(12-13-27-3)17-19-8-6-5-7-9-19/h5-11,15-16,18H,4,12-14,17H2,1-3H3. The van der Waals surface area contributed by atoms with E-state index in [4.69, 9.17) is 14.2 Å². The second-order valence-corrected chi connectivity index (χ2v) is 7.13. The van der Waals surface area contributed by atoms with Gasteiger partial charge >= 0.3 is 0 Å². The predicted molar refractivity (Wildman–Crippen MR) is 114 cm³/mol. The molecule has 0 saturated heterocycles. The SMILES string of the molecule is CCOc1cc2c(cc1C=CC(=O)N(CCOC)Cc1ccccc1)OC(C)C2. The smallest absolute Gasteiger partial charge is 0.246 e. The minimum absolute atomic E-state index is 0.0665. The summed E-state index contributed by atoms with van der Waals surface area (Å²) in [6.07, 6.45) is 4.45. The average molecular weight is 395 g/mol. The normalized spacial score (nSPS) is 15.2. The molecule has 0 bridgehead atoms. The molecule has 0 fully saturated rings. The van der Waals surface area contributed by atoms with Crippen molar-refractivity contribution in [1.82, 2.24) is 4.90 Å². The van der Waals surface area contributed by atoms with Crippen molar-refractivity contribution in [3.05, 3.63) is 65.2 Å². The van der Waals surface area contributed by atoms with Crippen LogP contribution in [0.15, 0.2) is 48.5 Å². The minimum Gasteiger partial charge on any atom is -0.493 e. The average Bonchev–Trinajstić information content (AvgIpc) is 3.09. The third kappa shape index (κ3) is 5.61. The van der Waals surface area contributed by atoms with Gasteiger partial charge in [-0.15, -0.1) is 0 Å². The molecule has 29 heavy (non-hydrogen) atoms. The lowest BCUT2D eigenvalue weighted by atomic mass is 10.1. The zero-order chi connectivity index (χ0) is 20.6. The van der Waals surface area contributed by atoms with Crippen LogP contribution in [-0.4, -0.2) is 43.8 Å². The van der Waals surface area contributed by atoms with Gasteiger partial charge in [-0.1, -0.05) is 30.3 Å². The minimum atomic E-state index is -0.0665. The molecule has 154 valence electrons. The highest BCUT2D eigenvalue weighted by Gasteiger charge is 2.21. The van der Waals surface area contributed by atoms with Crippen LogP contribution < -0.4 is 9.47 Å². The van der Waals surface area contributed by atoms with Crippen LogP contribution in [-0.2, 0) is 22.5 Å². The molecule has 0 spiro atoms. The number of methoxy groups -OCH3 is 1. The fraction of sp³-hybridized carbons (Fsp3) is 0.375. The van der Waals surface area contributed by atoms with Crippen LogP contribution in [0, 0.1) is 0 Å². The molecule has 0 aromatic heterocycles. The predicted octanol–water partition coefficient (Wildman–Crippen LogP) is 4.10. The monoisotopic (exact) mass is 395 g/mol. The quantitative estimate of drug-likeness (QED) is 0.600. The molecule has 0 radical (unpaired) electrons. The van der Waals surface area contributed by atoms with Crippen molar-refractivity contribution in [2.24, 2.45) is 0 Å². The van der Waals surface area contributed by atoms with E-state index in [-0.39, 0.29) is 12.0 Å². The van der Waals surface area contributed by atoms with Crippen molar-refractivity contribution < 1.29 is 19.0 Å². The first-order valence-electron chi connectivity index (χ1n) is 10.1. The van der Waals surface area contributed by atoms with Crippen LogP contribution in [0.4, 0.5) is 0 Å². The highest BCUT2D eigenvalue weighted by atomic mass is 16.5. The summed E-state index contributed by atoms with van der Waals surface area (Å²) < 4.78 is 16.8. The molecule has 0 saturated carbocycles. The van der Waals surface area contributed by atoms with Crippen molar-refractivity contribution in [1.29, 1.82) is 0 Å². The van der Waals surface area contributed by atoms with E-state index in [0.717, 1.165) is 34.6 Å². The number of benzene rings is 2. The Hall–Kier alpha value is -2.79. The Morgan fingerprint density at radius 1 is 1.28 bits per heavy atom. The van der Waals surface area contributed by atoms with Crippen LogP contribution >= 0.6 is 0 Å². The van der Waals surface area contributed by atoms with Gasteiger partial charge in [0.2, 0.25) is 5.91 Å². The maximum atomic E-state index is 12.9. The van der Waals surface area contributed by atoms with Crippen molar-refractivity contribution in [3.8, 4) is 11.5 Å². The Labute approximate surface area is 172 Å². The lowest BCUT2D eigenvalue weighted by Crippen LogP contribution is -2.32. The van der Waals surface area contributed by atoms with Crippen molar-refractivity contribution >= 4 is 12.0 Å². The summed E-state index contributed by atoms with van der Waals surface area (Å²) >= 11 is 0. The number of carbonyl (C=O) groups is 1. The number of amides is 1. The Bertz CT molecular complexity index is 847. The number of rotatable bonds is 9. The summed E-state index contributed by atoms with van der Waals surface area (Å²) in [6, 6.07) is 13.9. The summed E-state index contributed by atoms with van der Waals surface area (Å²) in [5, 5.41) is 0. The third-order valence-corrected chi connectivity index (χ3v) is 4.83. The van der Waals surface area contributed by atoms with Gasteiger partial charge in [-0.25, -0.2) is 0 Å². The largest absolute Gasteiger partial charge is 0.493 e. The summed E-state index contributed by atoms with van der Waals surface area (Å²) in [5.41, 5.74) is 3.08. The Kier molecular flexibility index (Phi) is 7.30. The van der Waals surface area contributed by atoms with E-state index in [1.807, 2.05) is 55.5 Å². The molecular weight excluding hydrogens is 366 g/mol. The Balaban J connectivity index is 1.78. The second kappa shape index (κ2) is 10.1. The molecule has 1 unspecified atom stereocenters. The van der Waals surface area contributed by atoms with E-state index in [0.29, 0.717) is 26.3 Å². The van der Waals surface area contributed by atoms with E-state index in [1.54, 1.807) is 18.1 Å². The van der Waals surface area contributed by atoms with Crippen LogP contribution in [0.25, 0.3) is 6.08 Å². The molecule has 5 heteroatoms. The van der Waals surface area contributed by atoms with Crippen LogP contribution in [0.1, 0.15) is 30.5 Å². The summed E-state index contributed by atoms with van der Waals surface area (Å²) in [5.74, 6) is 1.58. The van der Waals surface area contributed by atoms with Crippen LogP contribution in [0.2, 0.25) is 0 Å². The first-order chi connectivity index (χ1) is 14.1. The molecule has 0 aliphatic carbocycles. The van der Waals surface area contributed by atoms with Gasteiger partial charge in [-0.3, -0.25) is 4.79 Å². The molecule has 1 aliphatic heterocycles. The van der Waals surface area contributed by atoms with Gasteiger partial charge in [0.1, 0.15) is 17.6 Å². The Morgan fingerprint density at radius 2 is 2.07 bits per heavy atom. The van der Waals surface area contributed by atoms with Crippen molar-refractivity contribution in [2.75, 3.05) is 26.9 Å². The Morgan fingerprint density at radius 3 is 2.79 bits per heavy atom. The van der Waals surface area contributed by atoms with E-state index in [1.165, 1.54) is 0 Å². The highest BCUT2D eigenvalue weighted by molar-refractivity contribution is 5.92. The first kappa shape index (κ1) is 20.9. The van der Waals surface area contributed by atoms with Gasteiger partial charge in [0.25, 0.3) is 0 Å². The second-order valence-electron chi connectivity index (χ2n) is 7.13. The molecular formula is C24H29NO4. The molecule has 1 atom stereocenters. The highest BCUT2D eigenvalue weighted by Crippen LogP contribution is 2.35. The van der Waals surface area contributed by atoms with Crippen LogP contribution in [0.5, 0.6) is 11.5 Å². The summed E-state index contributed by atoms with van der Waals surface area (Å²) in [4.78, 5) is 14.7. The van der Waals surface area contributed by atoms with Gasteiger partial charge in [-0.2, -0.15) is 0 Å². The van der Waals surface area contributed by atoms with Gasteiger partial charge in [-0.05, 0) is 37.6 Å². The van der Waals surface area contributed by atoms with Gasteiger partial charge in [0, 0.05) is 43.8 Å². The molecule has 1 heterocycles. The number of hydrogen-bond acceptors (Lipinski definition) is 4. The topological polar surface area (TPSA) is 48.0 Å². The fourth-order valence-electron chi connectivity index (χ4n) is 3.40. The van der Waals surface area contributed by atoms with Gasteiger partial charge < -0.3 is 19.1 Å². The molecule has 1 amide bonds. The van der Waals surface area contributed by atoms with E-state index < -0.39 is 0 Å². The van der Waals surface area contributed by atoms with Gasteiger partial charge in [0.15, 0.2) is 0 Å². The van der Waals surface area contributed by atoms with Crippen LogP contribution in [0.3, 0.4) is 0 Å². The van der Waals surface area contributed by atoms with Crippen molar-refractivity contribution in [3.63, 3.8) is 0 Å². The lowest BCUT2D eigenvalue weighted by molar-refractivity contribution is -0.127. The van der Waals surface area contributed by atoms with Gasteiger partial charge in [0.05, 0.1) is 13.2 Å². The molecule has 0 N–H and O–H groups in total. The molecule has 3 rings (SSSR count).